The van der Waals surface area contributed by atoms with Crippen LogP contribution in [0.1, 0.15) is 12.6 Å². The van der Waals surface area contributed by atoms with E-state index >= 15 is 0 Å². The van der Waals surface area contributed by atoms with E-state index in [1.165, 1.54) is 29.9 Å². The summed E-state index contributed by atoms with van der Waals surface area (Å²) in [7, 11) is 1.53. The summed E-state index contributed by atoms with van der Waals surface area (Å²) in [5, 5.41) is 13.5. The van der Waals surface area contributed by atoms with Crippen molar-refractivity contribution in [3.05, 3.63) is 23.9 Å². The van der Waals surface area contributed by atoms with E-state index in [0.717, 1.165) is 6.92 Å². The van der Waals surface area contributed by atoms with Crippen LogP contribution in [-0.4, -0.2) is 14.9 Å². The third-order valence-electron chi connectivity index (χ3n) is 2.26. The molecule has 1 aromatic heterocycles. The fraction of sp³-hybridized carbons (Fsp3) is 0.300. The van der Waals surface area contributed by atoms with Crippen molar-refractivity contribution in [3.8, 4) is 5.75 Å². The number of aromatic hydroxyl groups is 1. The van der Waals surface area contributed by atoms with Crippen LogP contribution in [0.15, 0.2) is 18.2 Å². The lowest BCUT2D eigenvalue weighted by molar-refractivity contribution is 0.0137. The van der Waals surface area contributed by atoms with Crippen molar-refractivity contribution in [2.75, 3.05) is 0 Å². The zero-order valence-corrected chi connectivity index (χ0v) is 8.33. The summed E-state index contributed by atoms with van der Waals surface area (Å²) in [6.45, 7) is 0.790. The maximum absolute atomic E-state index is 13.2. The number of benzene rings is 1. The number of halogens is 2. The summed E-state index contributed by atoms with van der Waals surface area (Å²) < 4.78 is 27.6. The average Bonchev–Trinajstić information content (AvgIpc) is 2.44. The molecule has 0 spiro atoms. The topological polar surface area (TPSA) is 38.0 Å². The van der Waals surface area contributed by atoms with Crippen LogP contribution in [0.25, 0.3) is 10.9 Å². The van der Waals surface area contributed by atoms with Gasteiger partial charge in [-0.05, 0) is 6.07 Å². The van der Waals surface area contributed by atoms with Gasteiger partial charge >= 0.3 is 0 Å². The second-order valence-electron chi connectivity index (χ2n) is 3.53. The number of aryl methyl sites for hydroxylation is 1. The van der Waals surface area contributed by atoms with Crippen LogP contribution >= 0.6 is 0 Å². The van der Waals surface area contributed by atoms with E-state index in [2.05, 4.69) is 5.10 Å². The smallest absolute Gasteiger partial charge is 0.289 e. The van der Waals surface area contributed by atoms with E-state index in [9.17, 15) is 13.9 Å². The summed E-state index contributed by atoms with van der Waals surface area (Å²) in [5.74, 6) is -3.05. The lowest BCUT2D eigenvalue weighted by atomic mass is 10.1. The van der Waals surface area contributed by atoms with Gasteiger partial charge in [-0.15, -0.1) is 0 Å². The molecule has 2 aromatic rings. The predicted octanol–water partition coefficient (Wildman–Crippen LogP) is 2.39. The summed E-state index contributed by atoms with van der Waals surface area (Å²) in [6, 6.07) is 4.49. The van der Waals surface area contributed by atoms with Gasteiger partial charge in [0.2, 0.25) is 0 Å². The van der Waals surface area contributed by atoms with E-state index < -0.39 is 5.92 Å². The summed E-state index contributed by atoms with van der Waals surface area (Å²) in [6.07, 6.45) is 0. The quantitative estimate of drug-likeness (QED) is 0.788. The highest BCUT2D eigenvalue weighted by Gasteiger charge is 2.31. The second-order valence-corrected chi connectivity index (χ2v) is 3.53. The average molecular weight is 212 g/mol. The van der Waals surface area contributed by atoms with E-state index in [-0.39, 0.29) is 16.8 Å². The van der Waals surface area contributed by atoms with Gasteiger partial charge in [0.05, 0.1) is 0 Å². The molecular weight excluding hydrogens is 202 g/mol. The highest BCUT2D eigenvalue weighted by Crippen LogP contribution is 2.34. The van der Waals surface area contributed by atoms with Gasteiger partial charge in [-0.2, -0.15) is 13.9 Å². The SMILES string of the molecule is Cn1nc(C(C)(F)F)c2cccc(O)c21. The lowest BCUT2D eigenvalue weighted by Gasteiger charge is -2.06. The van der Waals surface area contributed by atoms with Crippen molar-refractivity contribution in [2.45, 2.75) is 12.8 Å². The maximum atomic E-state index is 13.2. The van der Waals surface area contributed by atoms with Crippen LogP contribution in [0.4, 0.5) is 8.78 Å². The molecule has 0 radical (unpaired) electrons. The molecule has 1 heterocycles. The molecule has 0 unspecified atom stereocenters. The number of hydrogen-bond acceptors (Lipinski definition) is 2. The van der Waals surface area contributed by atoms with Crippen molar-refractivity contribution in [1.29, 1.82) is 0 Å². The molecule has 2 rings (SSSR count). The molecule has 0 aliphatic carbocycles. The normalized spacial score (nSPS) is 12.3. The largest absolute Gasteiger partial charge is 0.506 e. The second kappa shape index (κ2) is 2.92. The molecule has 1 aromatic carbocycles. The first-order chi connectivity index (χ1) is 6.91. The number of para-hydroxylation sites is 1. The molecular formula is C10H10F2N2O. The molecule has 0 aliphatic rings. The molecule has 0 fully saturated rings. The Morgan fingerprint density at radius 3 is 2.67 bits per heavy atom. The highest BCUT2D eigenvalue weighted by atomic mass is 19.3. The van der Waals surface area contributed by atoms with Gasteiger partial charge in [-0.25, -0.2) is 0 Å². The molecule has 1 N–H and O–H groups in total. The first-order valence-electron chi connectivity index (χ1n) is 4.44. The Hall–Kier alpha value is -1.65. The van der Waals surface area contributed by atoms with Crippen molar-refractivity contribution in [2.24, 2.45) is 7.05 Å². The lowest BCUT2D eigenvalue weighted by Crippen LogP contribution is -2.08. The van der Waals surface area contributed by atoms with Crippen molar-refractivity contribution in [1.82, 2.24) is 9.78 Å². The number of nitrogens with zero attached hydrogens (tertiary/aromatic N) is 2. The number of phenols is 1. The zero-order chi connectivity index (χ0) is 11.2. The molecule has 0 atom stereocenters. The van der Waals surface area contributed by atoms with Crippen LogP contribution in [0.5, 0.6) is 5.75 Å². The Morgan fingerprint density at radius 2 is 2.07 bits per heavy atom. The van der Waals surface area contributed by atoms with Gasteiger partial charge in [0, 0.05) is 19.4 Å². The van der Waals surface area contributed by atoms with Crippen LogP contribution in [0.3, 0.4) is 0 Å². The number of aromatic nitrogens is 2. The third kappa shape index (κ3) is 1.44. The molecule has 15 heavy (non-hydrogen) atoms. The molecule has 0 bridgehead atoms. The van der Waals surface area contributed by atoms with Crippen molar-refractivity contribution < 1.29 is 13.9 Å². The maximum Gasteiger partial charge on any atom is 0.289 e. The fourth-order valence-electron chi connectivity index (χ4n) is 1.64. The van der Waals surface area contributed by atoms with E-state index in [1.807, 2.05) is 0 Å². The third-order valence-corrected chi connectivity index (χ3v) is 2.26. The summed E-state index contributed by atoms with van der Waals surface area (Å²) in [5.41, 5.74) is 0.0184. The van der Waals surface area contributed by atoms with Crippen LogP contribution in [0, 0.1) is 0 Å². The minimum absolute atomic E-state index is 0.0435. The Balaban J connectivity index is 2.85. The summed E-state index contributed by atoms with van der Waals surface area (Å²) >= 11 is 0. The van der Waals surface area contributed by atoms with Gasteiger partial charge in [-0.3, -0.25) is 4.68 Å². The monoisotopic (exact) mass is 212 g/mol. The number of hydrogen-bond donors (Lipinski definition) is 1. The van der Waals surface area contributed by atoms with Gasteiger partial charge in [0.25, 0.3) is 5.92 Å². The number of fused-ring (bicyclic) bond motifs is 1. The molecule has 80 valence electrons. The number of alkyl halides is 2. The zero-order valence-electron chi connectivity index (χ0n) is 8.33. The van der Waals surface area contributed by atoms with Gasteiger partial charge in [0.1, 0.15) is 17.0 Å². The van der Waals surface area contributed by atoms with Gasteiger partial charge in [-0.1, -0.05) is 12.1 Å². The van der Waals surface area contributed by atoms with E-state index in [1.54, 1.807) is 0 Å². The Kier molecular flexibility index (Phi) is 1.92. The van der Waals surface area contributed by atoms with Crippen LogP contribution in [0.2, 0.25) is 0 Å². The minimum Gasteiger partial charge on any atom is -0.506 e. The van der Waals surface area contributed by atoms with E-state index in [4.69, 9.17) is 0 Å². The minimum atomic E-state index is -3.01. The Morgan fingerprint density at radius 1 is 1.40 bits per heavy atom. The van der Waals surface area contributed by atoms with Crippen LogP contribution in [-0.2, 0) is 13.0 Å². The molecule has 0 amide bonds. The highest BCUT2D eigenvalue weighted by molar-refractivity contribution is 5.87. The van der Waals surface area contributed by atoms with Gasteiger partial charge in [0.15, 0.2) is 0 Å². The molecule has 5 heteroatoms. The Labute approximate surface area is 84.9 Å². The standard InChI is InChI=1S/C10H10F2N2O/c1-10(11,12)9-6-4-3-5-7(15)8(6)14(2)13-9/h3-5,15H,1-2H3. The fourth-order valence-corrected chi connectivity index (χ4v) is 1.64. The first kappa shape index (κ1) is 9.89. The van der Waals surface area contributed by atoms with E-state index in [0.29, 0.717) is 5.52 Å². The number of rotatable bonds is 1. The number of phenolic OH excluding ortho intramolecular Hbond substituents is 1. The first-order valence-corrected chi connectivity index (χ1v) is 4.44. The van der Waals surface area contributed by atoms with Crippen LogP contribution < -0.4 is 0 Å². The molecule has 0 saturated carbocycles. The molecule has 0 aliphatic heterocycles. The molecule has 0 saturated heterocycles. The van der Waals surface area contributed by atoms with Gasteiger partial charge < -0.3 is 5.11 Å². The van der Waals surface area contributed by atoms with Crippen molar-refractivity contribution in [3.63, 3.8) is 0 Å². The van der Waals surface area contributed by atoms with Crippen molar-refractivity contribution >= 4 is 10.9 Å². The Bertz CT molecular complexity index is 514. The molecule has 3 nitrogen and oxygen atoms in total. The summed E-state index contributed by atoms with van der Waals surface area (Å²) in [4.78, 5) is 0. The predicted molar refractivity (Wildman–Crippen MR) is 51.9 cm³/mol.